The summed E-state index contributed by atoms with van der Waals surface area (Å²) < 4.78 is 7.91. The molecule has 1 fully saturated rings. The maximum absolute atomic E-state index is 6.32. The minimum absolute atomic E-state index is 0.0360. The first-order valence-electron chi connectivity index (χ1n) is 6.75. The van der Waals surface area contributed by atoms with Gasteiger partial charge in [-0.05, 0) is 20.8 Å². The number of hydrogen-bond donors (Lipinski definition) is 1. The first-order chi connectivity index (χ1) is 8.63. The van der Waals surface area contributed by atoms with Crippen LogP contribution >= 0.6 is 0 Å². The topological polar surface area (TPSA) is 56.3 Å². The van der Waals surface area contributed by atoms with E-state index in [1.807, 2.05) is 12.4 Å². The Kier molecular flexibility index (Phi) is 4.37. The lowest BCUT2D eigenvalue weighted by Gasteiger charge is -2.37. The van der Waals surface area contributed by atoms with Crippen LogP contribution in [0.5, 0.6) is 0 Å². The van der Waals surface area contributed by atoms with Crippen molar-refractivity contribution in [1.82, 2.24) is 14.5 Å². The number of ether oxygens (including phenoxy) is 1. The van der Waals surface area contributed by atoms with Gasteiger partial charge in [0.2, 0.25) is 0 Å². The second-order valence-corrected chi connectivity index (χ2v) is 5.10. The molecule has 2 heterocycles. The van der Waals surface area contributed by atoms with E-state index in [1.165, 1.54) is 0 Å². The predicted octanol–water partition coefficient (Wildman–Crippen LogP) is 1.01. The molecule has 0 spiro atoms. The molecule has 1 aromatic heterocycles. The summed E-state index contributed by atoms with van der Waals surface area (Å²) in [6, 6.07) is 0.385. The van der Waals surface area contributed by atoms with Crippen LogP contribution in [0.25, 0.3) is 0 Å². The van der Waals surface area contributed by atoms with Crippen LogP contribution in [0.15, 0.2) is 12.4 Å². The van der Waals surface area contributed by atoms with Crippen molar-refractivity contribution < 1.29 is 4.74 Å². The van der Waals surface area contributed by atoms with Crippen LogP contribution in [0.1, 0.15) is 32.6 Å². The molecule has 102 valence electrons. The van der Waals surface area contributed by atoms with Crippen molar-refractivity contribution in [3.8, 4) is 0 Å². The molecule has 0 aliphatic carbocycles. The number of nitrogens with two attached hydrogens (primary N) is 1. The molecule has 2 unspecified atom stereocenters. The number of hydrogen-bond acceptors (Lipinski definition) is 4. The third-order valence-electron chi connectivity index (χ3n) is 3.64. The molecule has 0 amide bonds. The first-order valence-corrected chi connectivity index (χ1v) is 6.75. The molecule has 0 radical (unpaired) electrons. The van der Waals surface area contributed by atoms with E-state index >= 15 is 0 Å². The van der Waals surface area contributed by atoms with E-state index in [0.717, 1.165) is 32.1 Å². The van der Waals surface area contributed by atoms with Crippen LogP contribution in [0, 0.1) is 0 Å². The van der Waals surface area contributed by atoms with Gasteiger partial charge in [-0.2, -0.15) is 0 Å². The van der Waals surface area contributed by atoms with Crippen LogP contribution in [-0.4, -0.2) is 46.3 Å². The van der Waals surface area contributed by atoms with Crippen molar-refractivity contribution in [1.29, 1.82) is 0 Å². The zero-order valence-corrected chi connectivity index (χ0v) is 11.5. The van der Waals surface area contributed by atoms with Crippen molar-refractivity contribution >= 4 is 0 Å². The largest absolute Gasteiger partial charge is 0.373 e. The lowest BCUT2D eigenvalue weighted by molar-refractivity contribution is -0.0518. The number of aryl methyl sites for hydroxylation is 1. The first kappa shape index (κ1) is 13.5. The Morgan fingerprint density at radius 2 is 2.33 bits per heavy atom. The molecule has 0 bridgehead atoms. The highest BCUT2D eigenvalue weighted by molar-refractivity contribution is 5.02. The van der Waals surface area contributed by atoms with E-state index in [1.54, 1.807) is 0 Å². The molecule has 18 heavy (non-hydrogen) atoms. The summed E-state index contributed by atoms with van der Waals surface area (Å²) in [6.45, 7) is 10.0. The van der Waals surface area contributed by atoms with Gasteiger partial charge >= 0.3 is 0 Å². The van der Waals surface area contributed by atoms with Crippen LogP contribution in [0.4, 0.5) is 0 Å². The van der Waals surface area contributed by atoms with Gasteiger partial charge in [-0.3, -0.25) is 4.90 Å². The Hall–Kier alpha value is -0.910. The minimum atomic E-state index is -0.151. The van der Waals surface area contributed by atoms with E-state index in [-0.39, 0.29) is 12.1 Å². The van der Waals surface area contributed by atoms with Gasteiger partial charge in [0.15, 0.2) is 0 Å². The highest BCUT2D eigenvalue weighted by Gasteiger charge is 2.29. The van der Waals surface area contributed by atoms with Gasteiger partial charge in [0, 0.05) is 38.1 Å². The summed E-state index contributed by atoms with van der Waals surface area (Å²) in [5.41, 5.74) is 6.32. The van der Waals surface area contributed by atoms with Gasteiger partial charge in [-0.15, -0.1) is 0 Å². The Bertz CT molecular complexity index is 377. The van der Waals surface area contributed by atoms with Crippen LogP contribution in [-0.2, 0) is 11.3 Å². The van der Waals surface area contributed by atoms with E-state index in [4.69, 9.17) is 10.5 Å². The van der Waals surface area contributed by atoms with Crippen molar-refractivity contribution in [2.24, 2.45) is 5.73 Å². The lowest BCUT2D eigenvalue weighted by atomic mass is 10.1. The lowest BCUT2D eigenvalue weighted by Crippen LogP contribution is -2.49. The highest BCUT2D eigenvalue weighted by atomic mass is 16.5. The standard InChI is InChI=1S/C13H24N4O/c1-4-16-6-5-15-13(16)12(14)11-9-17(10(2)3)7-8-18-11/h5-6,10-12H,4,7-9,14H2,1-3H3. The van der Waals surface area contributed by atoms with Crippen molar-refractivity contribution in [2.45, 2.75) is 45.5 Å². The van der Waals surface area contributed by atoms with Gasteiger partial charge in [0.1, 0.15) is 5.82 Å². The van der Waals surface area contributed by atoms with Crippen molar-refractivity contribution in [3.05, 3.63) is 18.2 Å². The number of nitrogens with zero attached hydrogens (tertiary/aromatic N) is 3. The van der Waals surface area contributed by atoms with Crippen molar-refractivity contribution in [2.75, 3.05) is 19.7 Å². The van der Waals surface area contributed by atoms with Crippen LogP contribution in [0.3, 0.4) is 0 Å². The fraction of sp³-hybridized carbons (Fsp3) is 0.769. The molecule has 0 saturated carbocycles. The molecule has 1 aromatic rings. The van der Waals surface area contributed by atoms with Crippen LogP contribution in [0.2, 0.25) is 0 Å². The maximum atomic E-state index is 6.32. The maximum Gasteiger partial charge on any atom is 0.128 e. The molecular formula is C13H24N4O. The Labute approximate surface area is 109 Å². The SMILES string of the molecule is CCn1ccnc1C(N)C1CN(C(C)C)CCO1. The fourth-order valence-electron chi connectivity index (χ4n) is 2.43. The average Bonchev–Trinajstić information content (AvgIpc) is 2.86. The molecule has 5 heteroatoms. The third-order valence-corrected chi connectivity index (χ3v) is 3.64. The number of imidazole rings is 1. The smallest absolute Gasteiger partial charge is 0.128 e. The van der Waals surface area contributed by atoms with E-state index in [9.17, 15) is 0 Å². The van der Waals surface area contributed by atoms with Gasteiger partial charge in [-0.25, -0.2) is 4.98 Å². The summed E-state index contributed by atoms with van der Waals surface area (Å²) >= 11 is 0. The predicted molar refractivity (Wildman–Crippen MR) is 71.3 cm³/mol. The zero-order valence-electron chi connectivity index (χ0n) is 11.5. The molecule has 1 aliphatic heterocycles. The van der Waals surface area contributed by atoms with Gasteiger partial charge in [0.25, 0.3) is 0 Å². The molecular weight excluding hydrogens is 228 g/mol. The van der Waals surface area contributed by atoms with E-state index in [0.29, 0.717) is 6.04 Å². The second-order valence-electron chi connectivity index (χ2n) is 5.10. The van der Waals surface area contributed by atoms with Gasteiger partial charge in [0.05, 0.1) is 18.8 Å². The van der Waals surface area contributed by atoms with E-state index < -0.39 is 0 Å². The monoisotopic (exact) mass is 252 g/mol. The zero-order chi connectivity index (χ0) is 13.1. The molecule has 5 nitrogen and oxygen atoms in total. The normalized spacial score (nSPS) is 23.5. The third kappa shape index (κ3) is 2.74. The molecule has 2 atom stereocenters. The minimum Gasteiger partial charge on any atom is -0.373 e. The Morgan fingerprint density at radius 1 is 1.56 bits per heavy atom. The molecule has 1 aliphatic rings. The Morgan fingerprint density at radius 3 is 3.00 bits per heavy atom. The summed E-state index contributed by atoms with van der Waals surface area (Å²) in [5.74, 6) is 0.924. The summed E-state index contributed by atoms with van der Waals surface area (Å²) in [5, 5.41) is 0. The highest BCUT2D eigenvalue weighted by Crippen LogP contribution is 2.20. The number of morpholine rings is 1. The molecule has 0 aromatic carbocycles. The second kappa shape index (κ2) is 5.82. The fourth-order valence-corrected chi connectivity index (χ4v) is 2.43. The van der Waals surface area contributed by atoms with Gasteiger partial charge in [-0.1, -0.05) is 0 Å². The summed E-state index contributed by atoms with van der Waals surface area (Å²) in [4.78, 5) is 6.78. The number of aromatic nitrogens is 2. The van der Waals surface area contributed by atoms with Crippen molar-refractivity contribution in [3.63, 3.8) is 0 Å². The van der Waals surface area contributed by atoms with Gasteiger partial charge < -0.3 is 15.0 Å². The number of rotatable bonds is 4. The summed E-state index contributed by atoms with van der Waals surface area (Å²) in [7, 11) is 0. The van der Waals surface area contributed by atoms with E-state index in [2.05, 4.69) is 35.2 Å². The summed E-state index contributed by atoms with van der Waals surface area (Å²) in [6.07, 6.45) is 3.81. The Balaban J connectivity index is 2.06. The molecule has 2 rings (SSSR count). The quantitative estimate of drug-likeness (QED) is 0.869. The van der Waals surface area contributed by atoms with Crippen LogP contribution < -0.4 is 5.73 Å². The average molecular weight is 252 g/mol. The molecule has 1 saturated heterocycles. The molecule has 2 N–H and O–H groups in total.